The van der Waals surface area contributed by atoms with Gasteiger partial charge in [0.1, 0.15) is 18.8 Å². The van der Waals surface area contributed by atoms with Crippen molar-refractivity contribution in [3.63, 3.8) is 0 Å². The molecule has 13 nitrogen and oxygen atoms in total. The van der Waals surface area contributed by atoms with E-state index < -0.39 is 60.4 Å². The molecular weight excluding hydrogens is 494 g/mol. The topological polar surface area (TPSA) is 164 Å². The fourth-order valence-corrected chi connectivity index (χ4v) is 3.95. The second-order valence-corrected chi connectivity index (χ2v) is 8.27. The molecule has 1 saturated heterocycles. The molecule has 0 radical (unpaired) electrons. The number of aliphatic hydroxyl groups is 1. The third-order valence-corrected chi connectivity index (χ3v) is 5.52. The first-order valence-electron chi connectivity index (χ1n) is 11.6. The van der Waals surface area contributed by atoms with E-state index in [0.717, 1.165) is 18.7 Å². The number of benzene rings is 1. The number of imide groups is 1. The second kappa shape index (κ2) is 12.7. The number of amides is 2. The van der Waals surface area contributed by atoms with Crippen molar-refractivity contribution in [3.8, 4) is 0 Å². The molecular formula is C24H29NO12. The highest BCUT2D eigenvalue weighted by Crippen LogP contribution is 2.28. The zero-order valence-electron chi connectivity index (χ0n) is 20.6. The van der Waals surface area contributed by atoms with Crippen molar-refractivity contribution in [2.45, 2.75) is 51.5 Å². The summed E-state index contributed by atoms with van der Waals surface area (Å²) in [5.41, 5.74) is 0.689. The highest BCUT2D eigenvalue weighted by atomic mass is 16.7. The summed E-state index contributed by atoms with van der Waals surface area (Å²) in [5.74, 6) is -2.88. The number of esters is 3. The second-order valence-electron chi connectivity index (χ2n) is 8.27. The Labute approximate surface area is 212 Å². The lowest BCUT2D eigenvalue weighted by Crippen LogP contribution is -2.62. The summed E-state index contributed by atoms with van der Waals surface area (Å²) in [4.78, 5) is 60.3. The molecule has 1 aromatic rings. The zero-order chi connectivity index (χ0) is 27.1. The summed E-state index contributed by atoms with van der Waals surface area (Å²) in [6.45, 7) is 3.07. The van der Waals surface area contributed by atoms with Gasteiger partial charge >= 0.3 is 17.9 Å². The van der Waals surface area contributed by atoms with Crippen molar-refractivity contribution < 1.29 is 57.5 Å². The molecule has 13 heteroatoms. The minimum absolute atomic E-state index is 0.00989. The molecule has 3 rings (SSSR count). The van der Waals surface area contributed by atoms with Gasteiger partial charge in [0.2, 0.25) is 0 Å². The zero-order valence-corrected chi connectivity index (χ0v) is 20.6. The van der Waals surface area contributed by atoms with Crippen LogP contribution in [0.3, 0.4) is 0 Å². The molecule has 0 unspecified atom stereocenters. The number of rotatable bonds is 11. The third kappa shape index (κ3) is 7.10. The standard InChI is InChI=1S/C24H29NO12/c1-13(26)34-12-18-20(35-14(2)27)21(36-15(3)28)19(29)24(37-18)33-11-10-32-9-8-25-22(30)16-6-4-5-7-17(16)23(25)31/h4-7,18-21,24,29H,8-12H2,1-3H3/t18-,19+,20-,21-,24+/m1/s1. The van der Waals surface area contributed by atoms with Gasteiger partial charge in [-0.3, -0.25) is 28.9 Å². The Hall–Kier alpha value is -3.39. The van der Waals surface area contributed by atoms with E-state index in [-0.39, 0.29) is 33.0 Å². The van der Waals surface area contributed by atoms with Crippen LogP contribution in [-0.2, 0) is 42.8 Å². The number of carbonyl (C=O) groups is 5. The third-order valence-electron chi connectivity index (χ3n) is 5.52. The van der Waals surface area contributed by atoms with Crippen LogP contribution in [-0.4, -0.2) is 103 Å². The Balaban J connectivity index is 1.52. The molecule has 37 heavy (non-hydrogen) atoms. The van der Waals surface area contributed by atoms with Gasteiger partial charge in [-0.15, -0.1) is 0 Å². The molecule has 2 amide bonds. The minimum atomic E-state index is -1.54. The van der Waals surface area contributed by atoms with E-state index in [4.69, 9.17) is 28.4 Å². The van der Waals surface area contributed by atoms with Gasteiger partial charge in [-0.05, 0) is 12.1 Å². The summed E-state index contributed by atoms with van der Waals surface area (Å²) >= 11 is 0. The van der Waals surface area contributed by atoms with E-state index in [9.17, 15) is 29.1 Å². The number of carbonyl (C=O) groups excluding carboxylic acids is 5. The lowest BCUT2D eigenvalue weighted by Gasteiger charge is -2.42. The van der Waals surface area contributed by atoms with Crippen LogP contribution in [0.1, 0.15) is 41.5 Å². The van der Waals surface area contributed by atoms with Gasteiger partial charge in [-0.25, -0.2) is 0 Å². The van der Waals surface area contributed by atoms with Crippen LogP contribution in [0, 0.1) is 0 Å². The van der Waals surface area contributed by atoms with Crippen LogP contribution >= 0.6 is 0 Å². The number of ether oxygens (including phenoxy) is 6. The molecule has 1 fully saturated rings. The lowest BCUT2D eigenvalue weighted by molar-refractivity contribution is -0.306. The van der Waals surface area contributed by atoms with Gasteiger partial charge in [0, 0.05) is 20.8 Å². The molecule has 2 aliphatic rings. The van der Waals surface area contributed by atoms with Crippen LogP contribution < -0.4 is 0 Å². The first kappa shape index (κ1) is 28.2. The summed E-state index contributed by atoms with van der Waals surface area (Å²) in [6, 6.07) is 6.54. The molecule has 0 bridgehead atoms. The molecule has 2 aliphatic heterocycles. The van der Waals surface area contributed by atoms with Gasteiger partial charge < -0.3 is 33.5 Å². The highest BCUT2D eigenvalue weighted by molar-refractivity contribution is 6.21. The van der Waals surface area contributed by atoms with E-state index >= 15 is 0 Å². The highest BCUT2D eigenvalue weighted by Gasteiger charge is 2.50. The Bertz CT molecular complexity index is 992. The maximum absolute atomic E-state index is 12.4. The minimum Gasteiger partial charge on any atom is -0.463 e. The SMILES string of the molecule is CC(=O)OC[C@H]1O[C@H](OCCOCCN2C(=O)c3ccccc3C2=O)[C@@H](O)[C@@H](OC(C)=O)[C@@H]1OC(C)=O. The van der Waals surface area contributed by atoms with Crippen molar-refractivity contribution in [2.24, 2.45) is 0 Å². The summed E-state index contributed by atoms with van der Waals surface area (Å²) < 4.78 is 32.0. The summed E-state index contributed by atoms with van der Waals surface area (Å²) in [7, 11) is 0. The number of fused-ring (bicyclic) bond motifs is 1. The fraction of sp³-hybridized carbons (Fsp3) is 0.542. The number of hydrogen-bond donors (Lipinski definition) is 1. The van der Waals surface area contributed by atoms with Crippen LogP contribution in [0.25, 0.3) is 0 Å². The monoisotopic (exact) mass is 523 g/mol. The largest absolute Gasteiger partial charge is 0.463 e. The van der Waals surface area contributed by atoms with Crippen molar-refractivity contribution in [1.82, 2.24) is 4.90 Å². The molecule has 0 aromatic heterocycles. The van der Waals surface area contributed by atoms with Gasteiger partial charge in [0.25, 0.3) is 11.8 Å². The van der Waals surface area contributed by atoms with Crippen LogP contribution in [0.15, 0.2) is 24.3 Å². The molecule has 0 aliphatic carbocycles. The van der Waals surface area contributed by atoms with Gasteiger partial charge in [-0.2, -0.15) is 0 Å². The molecule has 0 spiro atoms. The quantitative estimate of drug-likeness (QED) is 0.176. The molecule has 2 heterocycles. The van der Waals surface area contributed by atoms with Crippen molar-refractivity contribution in [3.05, 3.63) is 35.4 Å². The normalized spacial score (nSPS) is 25.0. The smallest absolute Gasteiger partial charge is 0.303 e. The van der Waals surface area contributed by atoms with Gasteiger partial charge in [-0.1, -0.05) is 12.1 Å². The van der Waals surface area contributed by atoms with Crippen molar-refractivity contribution >= 4 is 29.7 Å². The average Bonchev–Trinajstić information content (AvgIpc) is 3.08. The summed E-state index contributed by atoms with van der Waals surface area (Å²) in [6.07, 6.45) is -6.58. The average molecular weight is 523 g/mol. The predicted molar refractivity (Wildman–Crippen MR) is 121 cm³/mol. The fourth-order valence-electron chi connectivity index (χ4n) is 3.95. The maximum atomic E-state index is 12.4. The van der Waals surface area contributed by atoms with E-state index in [2.05, 4.69) is 0 Å². The van der Waals surface area contributed by atoms with E-state index in [1.807, 2.05) is 0 Å². The van der Waals surface area contributed by atoms with Crippen molar-refractivity contribution in [1.29, 1.82) is 0 Å². The molecule has 0 saturated carbocycles. The van der Waals surface area contributed by atoms with E-state index in [0.29, 0.717) is 11.1 Å². The first-order valence-corrected chi connectivity index (χ1v) is 11.6. The van der Waals surface area contributed by atoms with Crippen LogP contribution in [0.2, 0.25) is 0 Å². The predicted octanol–water partition coefficient (Wildman–Crippen LogP) is -0.172. The van der Waals surface area contributed by atoms with Crippen LogP contribution in [0.4, 0.5) is 0 Å². The van der Waals surface area contributed by atoms with Gasteiger partial charge in [0.05, 0.1) is 37.5 Å². The lowest BCUT2D eigenvalue weighted by atomic mass is 9.98. The molecule has 202 valence electrons. The summed E-state index contributed by atoms with van der Waals surface area (Å²) in [5, 5.41) is 10.7. The number of nitrogens with zero attached hydrogens (tertiary/aromatic N) is 1. The number of aliphatic hydroxyl groups excluding tert-OH is 1. The molecule has 5 atom stereocenters. The Morgan fingerprint density at radius 3 is 2.05 bits per heavy atom. The molecule has 1 aromatic carbocycles. The maximum Gasteiger partial charge on any atom is 0.303 e. The molecule has 1 N–H and O–H groups in total. The first-order chi connectivity index (χ1) is 17.6. The Morgan fingerprint density at radius 1 is 0.892 bits per heavy atom. The Kier molecular flexibility index (Phi) is 9.69. The van der Waals surface area contributed by atoms with Crippen molar-refractivity contribution in [2.75, 3.05) is 33.0 Å². The Morgan fingerprint density at radius 2 is 1.49 bits per heavy atom. The van der Waals surface area contributed by atoms with E-state index in [1.165, 1.54) is 6.92 Å². The van der Waals surface area contributed by atoms with Gasteiger partial charge in [0.15, 0.2) is 18.5 Å². The van der Waals surface area contributed by atoms with E-state index in [1.54, 1.807) is 24.3 Å². The number of hydrogen-bond acceptors (Lipinski definition) is 12. The van der Waals surface area contributed by atoms with Crippen LogP contribution in [0.5, 0.6) is 0 Å².